The van der Waals surface area contributed by atoms with Gasteiger partial charge in [0, 0.05) is 24.5 Å². The van der Waals surface area contributed by atoms with E-state index in [4.69, 9.17) is 10.5 Å². The summed E-state index contributed by atoms with van der Waals surface area (Å²) in [6.45, 7) is 1.83. The van der Waals surface area contributed by atoms with Crippen molar-refractivity contribution in [3.05, 3.63) is 47.7 Å². The number of anilines is 1. The van der Waals surface area contributed by atoms with Gasteiger partial charge in [-0.05, 0) is 36.2 Å². The highest BCUT2D eigenvalue weighted by atomic mass is 32.2. The van der Waals surface area contributed by atoms with Crippen LogP contribution in [-0.2, 0) is 16.6 Å². The molecule has 112 valence electrons. The Morgan fingerprint density at radius 2 is 2.10 bits per heavy atom. The molecule has 0 fully saturated rings. The predicted octanol–water partition coefficient (Wildman–Crippen LogP) is 1.46. The third-order valence-electron chi connectivity index (χ3n) is 3.09. The lowest BCUT2D eigenvalue weighted by atomic mass is 10.2. The Bertz CT molecular complexity index is 745. The number of nitrogen functional groups attached to an aromatic ring is 1. The van der Waals surface area contributed by atoms with Gasteiger partial charge in [0.1, 0.15) is 0 Å². The fraction of sp³-hybridized carbons (Fsp3) is 0.214. The number of sulfonamides is 1. The first-order chi connectivity index (χ1) is 9.94. The molecule has 0 aliphatic carbocycles. The number of nitrogens with two attached hydrogens (primary N) is 1. The topological polar surface area (TPSA) is 94.3 Å². The lowest BCUT2D eigenvalue weighted by Crippen LogP contribution is -2.24. The Hall–Kier alpha value is -2.12. The molecule has 0 atom stereocenters. The van der Waals surface area contributed by atoms with Crippen LogP contribution >= 0.6 is 0 Å². The summed E-state index contributed by atoms with van der Waals surface area (Å²) in [7, 11) is -2.12. The van der Waals surface area contributed by atoms with Crippen LogP contribution in [0.15, 0.2) is 41.4 Å². The molecule has 0 aliphatic rings. The number of nitrogens with zero attached hydrogens (tertiary/aromatic N) is 1. The van der Waals surface area contributed by atoms with Crippen LogP contribution in [0.1, 0.15) is 11.1 Å². The third kappa shape index (κ3) is 3.50. The van der Waals surface area contributed by atoms with E-state index in [9.17, 15) is 8.42 Å². The van der Waals surface area contributed by atoms with Gasteiger partial charge in [-0.25, -0.2) is 18.1 Å². The van der Waals surface area contributed by atoms with Gasteiger partial charge >= 0.3 is 0 Å². The summed E-state index contributed by atoms with van der Waals surface area (Å²) in [5.74, 6) is 0.437. The van der Waals surface area contributed by atoms with E-state index in [1.807, 2.05) is 0 Å². The monoisotopic (exact) mass is 307 g/mol. The summed E-state index contributed by atoms with van der Waals surface area (Å²) in [6, 6.07) is 8.21. The molecule has 0 spiro atoms. The summed E-state index contributed by atoms with van der Waals surface area (Å²) < 4.78 is 32.2. The normalized spacial score (nSPS) is 11.3. The van der Waals surface area contributed by atoms with Gasteiger partial charge in [-0.2, -0.15) is 0 Å². The minimum atomic E-state index is -3.62. The quantitative estimate of drug-likeness (QED) is 0.816. The maximum atomic E-state index is 12.3. The van der Waals surface area contributed by atoms with Crippen LogP contribution in [0.3, 0.4) is 0 Å². The van der Waals surface area contributed by atoms with E-state index < -0.39 is 10.0 Å². The van der Waals surface area contributed by atoms with Gasteiger partial charge in [-0.3, -0.25) is 0 Å². The number of hydrogen-bond acceptors (Lipinski definition) is 5. The Kier molecular flexibility index (Phi) is 4.44. The highest BCUT2D eigenvalue weighted by Crippen LogP contribution is 2.20. The second-order valence-corrected chi connectivity index (χ2v) is 6.24. The van der Waals surface area contributed by atoms with E-state index in [0.29, 0.717) is 17.1 Å². The van der Waals surface area contributed by atoms with Gasteiger partial charge < -0.3 is 10.5 Å². The van der Waals surface area contributed by atoms with Crippen molar-refractivity contribution in [1.29, 1.82) is 0 Å². The molecule has 21 heavy (non-hydrogen) atoms. The number of pyridine rings is 1. The van der Waals surface area contributed by atoms with Gasteiger partial charge in [0.15, 0.2) is 0 Å². The minimum absolute atomic E-state index is 0.148. The van der Waals surface area contributed by atoms with Crippen molar-refractivity contribution in [3.63, 3.8) is 0 Å². The van der Waals surface area contributed by atoms with Crippen molar-refractivity contribution in [2.24, 2.45) is 0 Å². The van der Waals surface area contributed by atoms with Crippen molar-refractivity contribution in [2.75, 3.05) is 12.8 Å². The average molecular weight is 307 g/mol. The Morgan fingerprint density at radius 3 is 2.81 bits per heavy atom. The molecule has 0 radical (unpaired) electrons. The van der Waals surface area contributed by atoms with Crippen molar-refractivity contribution < 1.29 is 13.2 Å². The first kappa shape index (κ1) is 15.3. The number of ether oxygens (including phenoxy) is 1. The minimum Gasteiger partial charge on any atom is -0.481 e. The zero-order valence-electron chi connectivity index (χ0n) is 11.8. The molecule has 0 unspecified atom stereocenters. The number of methoxy groups -OCH3 is 1. The van der Waals surface area contributed by atoms with Crippen LogP contribution in [0.5, 0.6) is 5.88 Å². The Morgan fingerprint density at radius 1 is 1.33 bits per heavy atom. The summed E-state index contributed by atoms with van der Waals surface area (Å²) in [4.78, 5) is 4.15. The van der Waals surface area contributed by atoms with Gasteiger partial charge in [0.2, 0.25) is 15.9 Å². The lowest BCUT2D eigenvalue weighted by molar-refractivity contribution is 0.397. The molecule has 0 saturated heterocycles. The average Bonchev–Trinajstić information content (AvgIpc) is 2.48. The van der Waals surface area contributed by atoms with Crippen LogP contribution in [0.4, 0.5) is 5.69 Å². The summed E-state index contributed by atoms with van der Waals surface area (Å²) in [5, 5.41) is 0. The Labute approximate surface area is 124 Å². The fourth-order valence-electron chi connectivity index (χ4n) is 1.85. The number of hydrogen-bond donors (Lipinski definition) is 2. The van der Waals surface area contributed by atoms with Gasteiger partial charge in [0.25, 0.3) is 0 Å². The first-order valence-corrected chi connectivity index (χ1v) is 7.76. The van der Waals surface area contributed by atoms with Crippen LogP contribution in [0, 0.1) is 6.92 Å². The highest BCUT2D eigenvalue weighted by Gasteiger charge is 2.17. The SMILES string of the molecule is COc1cc(CNS(=O)(=O)c2cccc(N)c2C)ccn1. The molecule has 2 rings (SSSR count). The largest absolute Gasteiger partial charge is 0.481 e. The van der Waals surface area contributed by atoms with Gasteiger partial charge in [-0.15, -0.1) is 0 Å². The number of benzene rings is 1. The van der Waals surface area contributed by atoms with Crippen molar-refractivity contribution >= 4 is 15.7 Å². The first-order valence-electron chi connectivity index (χ1n) is 6.27. The van der Waals surface area contributed by atoms with Crippen molar-refractivity contribution in [2.45, 2.75) is 18.4 Å². The second-order valence-electron chi connectivity index (χ2n) is 4.50. The van der Waals surface area contributed by atoms with Crippen molar-refractivity contribution in [3.8, 4) is 5.88 Å². The van der Waals surface area contributed by atoms with Crippen LogP contribution in [0.2, 0.25) is 0 Å². The van der Waals surface area contributed by atoms with Crippen molar-refractivity contribution in [1.82, 2.24) is 9.71 Å². The summed E-state index contributed by atoms with van der Waals surface area (Å²) >= 11 is 0. The van der Waals surface area contributed by atoms with E-state index in [2.05, 4.69) is 9.71 Å². The fourth-order valence-corrected chi connectivity index (χ4v) is 3.14. The molecule has 1 heterocycles. The van der Waals surface area contributed by atoms with E-state index in [-0.39, 0.29) is 11.4 Å². The maximum Gasteiger partial charge on any atom is 0.241 e. The molecule has 0 amide bonds. The number of nitrogens with one attached hydrogen (secondary N) is 1. The number of rotatable bonds is 5. The molecule has 2 aromatic rings. The van der Waals surface area contributed by atoms with Gasteiger partial charge in [-0.1, -0.05) is 6.07 Å². The summed E-state index contributed by atoms with van der Waals surface area (Å²) in [5.41, 5.74) is 7.49. The molecule has 3 N–H and O–H groups in total. The highest BCUT2D eigenvalue weighted by molar-refractivity contribution is 7.89. The molecular weight excluding hydrogens is 290 g/mol. The molecule has 0 aliphatic heterocycles. The molecule has 0 bridgehead atoms. The molecule has 1 aromatic heterocycles. The third-order valence-corrected chi connectivity index (χ3v) is 4.64. The van der Waals surface area contributed by atoms with E-state index >= 15 is 0 Å². The van der Waals surface area contributed by atoms with E-state index in [0.717, 1.165) is 5.56 Å². The number of aromatic nitrogens is 1. The second kappa shape index (κ2) is 6.11. The van der Waals surface area contributed by atoms with Crippen LogP contribution < -0.4 is 15.2 Å². The predicted molar refractivity (Wildman–Crippen MR) is 80.4 cm³/mol. The maximum absolute atomic E-state index is 12.3. The van der Waals surface area contributed by atoms with Crippen LogP contribution in [0.25, 0.3) is 0 Å². The molecule has 7 heteroatoms. The lowest BCUT2D eigenvalue weighted by Gasteiger charge is -2.11. The molecule has 1 aromatic carbocycles. The smallest absolute Gasteiger partial charge is 0.241 e. The van der Waals surface area contributed by atoms with Crippen LogP contribution in [-0.4, -0.2) is 20.5 Å². The molecule has 6 nitrogen and oxygen atoms in total. The summed E-state index contributed by atoms with van der Waals surface area (Å²) in [6.07, 6.45) is 1.56. The standard InChI is InChI=1S/C14H17N3O3S/c1-10-12(15)4-3-5-13(10)21(18,19)17-9-11-6-7-16-14(8-11)20-2/h3-8,17H,9,15H2,1-2H3. The van der Waals surface area contributed by atoms with E-state index in [1.165, 1.54) is 13.2 Å². The molecule has 0 saturated carbocycles. The van der Waals surface area contributed by atoms with E-state index in [1.54, 1.807) is 37.4 Å². The zero-order valence-corrected chi connectivity index (χ0v) is 12.6. The van der Waals surface area contributed by atoms with Gasteiger partial charge in [0.05, 0.1) is 12.0 Å². The zero-order chi connectivity index (χ0) is 15.5. The Balaban J connectivity index is 2.20. The molecular formula is C14H17N3O3S.